The van der Waals surface area contributed by atoms with Gasteiger partial charge in [0.2, 0.25) is 5.95 Å². The van der Waals surface area contributed by atoms with E-state index in [0.29, 0.717) is 30.1 Å². The van der Waals surface area contributed by atoms with E-state index in [1.165, 1.54) is 0 Å². The molecule has 0 radical (unpaired) electrons. The molecule has 3 aromatic rings. The van der Waals surface area contributed by atoms with Crippen molar-refractivity contribution in [3.8, 4) is 17.1 Å². The van der Waals surface area contributed by atoms with Crippen LogP contribution in [0.3, 0.4) is 0 Å². The number of methoxy groups -OCH3 is 1. The van der Waals surface area contributed by atoms with Crippen LogP contribution in [-0.4, -0.2) is 32.7 Å². The number of carboxylic acid groups (broad SMARTS) is 1. The summed E-state index contributed by atoms with van der Waals surface area (Å²) in [6, 6.07) is 5.64. The molecule has 2 heterocycles. The molecule has 144 valence electrons. The maximum atomic E-state index is 11.7. The summed E-state index contributed by atoms with van der Waals surface area (Å²) in [6.07, 6.45) is 3.19. The van der Waals surface area contributed by atoms with Crippen LogP contribution in [0.5, 0.6) is 5.75 Å². The van der Waals surface area contributed by atoms with Gasteiger partial charge >= 0.3 is 5.97 Å². The van der Waals surface area contributed by atoms with Crippen molar-refractivity contribution >= 4 is 33.5 Å². The molecule has 8 heteroatoms. The molecule has 2 N–H and O–H groups in total. The third kappa shape index (κ3) is 2.93. The number of ether oxygens (including phenoxy) is 1. The Balaban J connectivity index is 1.80. The van der Waals surface area contributed by atoms with E-state index in [1.54, 1.807) is 7.11 Å². The standard InChI is InChI=1S/C20H19BrN4O3/c1-10-16(19(26)27)13-6-4-11-9-22-20(24-17(11)18(13)25(10)2)23-14-7-5-12(21)8-15(14)28-3/h5,7-9H,4,6H2,1-3H3,(H,26,27)(H,22,23,24). The van der Waals surface area contributed by atoms with Crippen molar-refractivity contribution in [2.75, 3.05) is 12.4 Å². The minimum absolute atomic E-state index is 0.380. The van der Waals surface area contributed by atoms with Gasteiger partial charge in [0, 0.05) is 23.4 Å². The molecule has 1 aromatic carbocycles. The summed E-state index contributed by atoms with van der Waals surface area (Å²) in [6.45, 7) is 1.83. The van der Waals surface area contributed by atoms with Gasteiger partial charge in [-0.2, -0.15) is 0 Å². The topological polar surface area (TPSA) is 89.3 Å². The highest BCUT2D eigenvalue weighted by Crippen LogP contribution is 2.38. The summed E-state index contributed by atoms with van der Waals surface area (Å²) in [7, 11) is 3.48. The number of fused-ring (bicyclic) bond motifs is 3. The van der Waals surface area contributed by atoms with Gasteiger partial charge in [0.05, 0.1) is 29.7 Å². The van der Waals surface area contributed by atoms with Crippen LogP contribution >= 0.6 is 15.9 Å². The second-order valence-electron chi connectivity index (χ2n) is 6.69. The maximum Gasteiger partial charge on any atom is 0.337 e. The number of nitrogens with zero attached hydrogens (tertiary/aromatic N) is 3. The second-order valence-corrected chi connectivity index (χ2v) is 7.60. The largest absolute Gasteiger partial charge is 0.495 e. The molecule has 28 heavy (non-hydrogen) atoms. The fourth-order valence-electron chi connectivity index (χ4n) is 3.71. The van der Waals surface area contributed by atoms with Gasteiger partial charge in [0.25, 0.3) is 0 Å². The van der Waals surface area contributed by atoms with E-state index in [0.717, 1.165) is 38.4 Å². The number of aryl methyl sites for hydroxylation is 1. The highest BCUT2D eigenvalue weighted by Gasteiger charge is 2.29. The van der Waals surface area contributed by atoms with E-state index < -0.39 is 5.97 Å². The first-order valence-electron chi connectivity index (χ1n) is 8.79. The molecule has 0 fully saturated rings. The van der Waals surface area contributed by atoms with Crippen molar-refractivity contribution in [3.63, 3.8) is 0 Å². The van der Waals surface area contributed by atoms with E-state index in [9.17, 15) is 9.90 Å². The van der Waals surface area contributed by atoms with Crippen LogP contribution in [-0.2, 0) is 19.9 Å². The SMILES string of the molecule is COc1cc(Br)ccc1Nc1ncc2c(n1)-c1c(c(C(=O)O)c(C)n1C)CC2. The fourth-order valence-corrected chi connectivity index (χ4v) is 4.05. The number of aromatic nitrogens is 3. The van der Waals surface area contributed by atoms with Crippen molar-refractivity contribution in [2.45, 2.75) is 19.8 Å². The summed E-state index contributed by atoms with van der Waals surface area (Å²) in [4.78, 5) is 20.9. The zero-order chi connectivity index (χ0) is 20.0. The molecule has 0 amide bonds. The minimum Gasteiger partial charge on any atom is -0.495 e. The van der Waals surface area contributed by atoms with E-state index in [4.69, 9.17) is 9.72 Å². The number of carboxylic acids is 1. The average Bonchev–Trinajstić information content (AvgIpc) is 2.94. The van der Waals surface area contributed by atoms with Gasteiger partial charge in [-0.15, -0.1) is 0 Å². The molecular weight excluding hydrogens is 424 g/mol. The first-order valence-corrected chi connectivity index (χ1v) is 9.58. The zero-order valence-electron chi connectivity index (χ0n) is 15.7. The lowest BCUT2D eigenvalue weighted by Gasteiger charge is -2.19. The molecule has 0 aliphatic heterocycles. The Morgan fingerprint density at radius 1 is 1.36 bits per heavy atom. The summed E-state index contributed by atoms with van der Waals surface area (Å²) >= 11 is 3.43. The zero-order valence-corrected chi connectivity index (χ0v) is 17.3. The minimum atomic E-state index is -0.898. The molecule has 1 aliphatic rings. The summed E-state index contributed by atoms with van der Waals surface area (Å²) in [5.74, 6) is 0.201. The number of hydrogen-bond donors (Lipinski definition) is 2. The van der Waals surface area contributed by atoms with Gasteiger partial charge in [0.1, 0.15) is 5.75 Å². The van der Waals surface area contributed by atoms with Crippen molar-refractivity contribution < 1.29 is 14.6 Å². The third-order valence-corrected chi connectivity index (χ3v) is 5.64. The van der Waals surface area contributed by atoms with Crippen LogP contribution in [0, 0.1) is 6.92 Å². The van der Waals surface area contributed by atoms with Crippen molar-refractivity contribution in [3.05, 3.63) is 51.3 Å². The van der Waals surface area contributed by atoms with Crippen molar-refractivity contribution in [1.29, 1.82) is 0 Å². The Labute approximate surface area is 170 Å². The lowest BCUT2D eigenvalue weighted by Crippen LogP contribution is -2.11. The number of anilines is 2. The Hall–Kier alpha value is -2.87. The Kier molecular flexibility index (Phi) is 4.58. The van der Waals surface area contributed by atoms with Gasteiger partial charge in [0.15, 0.2) is 0 Å². The second kappa shape index (κ2) is 6.94. The molecule has 0 atom stereocenters. The Morgan fingerprint density at radius 2 is 2.14 bits per heavy atom. The van der Waals surface area contributed by atoms with Gasteiger partial charge in [-0.1, -0.05) is 15.9 Å². The molecule has 7 nitrogen and oxygen atoms in total. The molecule has 0 saturated heterocycles. The lowest BCUT2D eigenvalue weighted by molar-refractivity contribution is 0.0695. The smallest absolute Gasteiger partial charge is 0.337 e. The van der Waals surface area contributed by atoms with Crippen LogP contribution in [0.15, 0.2) is 28.9 Å². The van der Waals surface area contributed by atoms with Gasteiger partial charge < -0.3 is 19.7 Å². The van der Waals surface area contributed by atoms with Crippen LogP contribution in [0.2, 0.25) is 0 Å². The number of carbonyl (C=O) groups is 1. The number of benzene rings is 1. The monoisotopic (exact) mass is 442 g/mol. The van der Waals surface area contributed by atoms with E-state index in [2.05, 4.69) is 26.2 Å². The molecular formula is C20H19BrN4O3. The molecule has 0 saturated carbocycles. The quantitative estimate of drug-likeness (QED) is 0.631. The predicted molar refractivity (Wildman–Crippen MR) is 110 cm³/mol. The third-order valence-electron chi connectivity index (χ3n) is 5.15. The van der Waals surface area contributed by atoms with Gasteiger partial charge in [-0.05, 0) is 49.1 Å². The first-order chi connectivity index (χ1) is 13.4. The van der Waals surface area contributed by atoms with Crippen LogP contribution < -0.4 is 10.1 Å². The number of halogens is 1. The maximum absolute atomic E-state index is 11.7. The molecule has 4 rings (SSSR count). The highest BCUT2D eigenvalue weighted by atomic mass is 79.9. The summed E-state index contributed by atoms with van der Waals surface area (Å²) < 4.78 is 8.23. The van der Waals surface area contributed by atoms with Gasteiger partial charge in [-0.25, -0.2) is 14.8 Å². The Morgan fingerprint density at radius 3 is 2.86 bits per heavy atom. The summed E-state index contributed by atoms with van der Waals surface area (Å²) in [5.41, 5.74) is 5.33. The number of hydrogen-bond acceptors (Lipinski definition) is 5. The van der Waals surface area contributed by atoms with Crippen LogP contribution in [0.25, 0.3) is 11.4 Å². The number of nitrogens with one attached hydrogen (secondary N) is 1. The number of aromatic carboxylic acids is 1. The number of rotatable bonds is 4. The van der Waals surface area contributed by atoms with Crippen LogP contribution in [0.1, 0.15) is 27.2 Å². The van der Waals surface area contributed by atoms with Crippen molar-refractivity contribution in [1.82, 2.24) is 14.5 Å². The normalized spacial score (nSPS) is 12.3. The van der Waals surface area contributed by atoms with E-state index in [-0.39, 0.29) is 0 Å². The lowest BCUT2D eigenvalue weighted by atomic mass is 9.92. The van der Waals surface area contributed by atoms with Crippen LogP contribution in [0.4, 0.5) is 11.6 Å². The van der Waals surface area contributed by atoms with E-state index >= 15 is 0 Å². The molecule has 0 bridgehead atoms. The predicted octanol–water partition coefficient (Wildman–Crippen LogP) is 4.10. The molecule has 0 unspecified atom stereocenters. The van der Waals surface area contributed by atoms with Gasteiger partial charge in [-0.3, -0.25) is 0 Å². The molecule has 2 aromatic heterocycles. The average molecular weight is 443 g/mol. The molecule has 1 aliphatic carbocycles. The van der Waals surface area contributed by atoms with E-state index in [1.807, 2.05) is 42.9 Å². The highest BCUT2D eigenvalue weighted by molar-refractivity contribution is 9.10. The molecule has 0 spiro atoms. The summed E-state index contributed by atoms with van der Waals surface area (Å²) in [5, 5.41) is 12.8. The van der Waals surface area contributed by atoms with Crippen molar-refractivity contribution in [2.24, 2.45) is 7.05 Å². The fraction of sp³-hybridized carbons (Fsp3) is 0.250. The Bertz CT molecular complexity index is 1110. The first kappa shape index (κ1) is 18.5.